The van der Waals surface area contributed by atoms with Crippen LogP contribution in [0.15, 0.2) is 11.6 Å². The average Bonchev–Trinajstić information content (AvgIpc) is 3.19. The minimum Gasteiger partial charge on any atom is -0.632 e. The molecule has 10 nitrogen and oxygen atoms in total. The Morgan fingerprint density at radius 2 is 1.56 bits per heavy atom. The van der Waals surface area contributed by atoms with Crippen molar-refractivity contribution in [3.8, 4) is 0 Å². The summed E-state index contributed by atoms with van der Waals surface area (Å²) >= 11 is 0. The Balaban J connectivity index is 2.16. The molecule has 0 saturated carbocycles. The molecule has 10 heteroatoms. The van der Waals surface area contributed by atoms with E-state index in [0.29, 0.717) is 5.57 Å². The Morgan fingerprint density at radius 1 is 1.06 bits per heavy atom. The molecule has 0 aromatic carbocycles. The smallest absolute Gasteiger partial charge is 0.341 e. The maximum Gasteiger partial charge on any atom is 0.341 e. The molecule has 1 fully saturated rings. The number of aliphatic hydroxyl groups excluding tert-OH is 2. The molecular weight excluding hydrogens is 422 g/mol. The first-order valence-corrected chi connectivity index (χ1v) is 11.1. The number of nitrogens with zero attached hydrogens (tertiary/aromatic N) is 1. The standard InChI is InChI=1S/C22H37NO9/c1-12(2)21(28,14(5)24)19(26)31-11-16-7-9-23(30)10-8-17(18(16)23)32-20(27)22(29,13(3)4)15(6)25/h7,12-15,17-18,24-25,28-29H,8-11H2,1-6H3. The molecule has 0 radical (unpaired) electrons. The fraction of sp³-hybridized carbons (Fsp3) is 0.818. The molecule has 0 spiro atoms. The number of rotatable bonds is 9. The third-order valence-corrected chi connectivity index (χ3v) is 7.01. The Labute approximate surface area is 188 Å². The molecule has 32 heavy (non-hydrogen) atoms. The van der Waals surface area contributed by atoms with E-state index >= 15 is 0 Å². The highest BCUT2D eigenvalue weighted by Crippen LogP contribution is 2.39. The van der Waals surface area contributed by atoms with Gasteiger partial charge >= 0.3 is 11.9 Å². The largest absolute Gasteiger partial charge is 0.632 e. The van der Waals surface area contributed by atoms with Gasteiger partial charge in [-0.2, -0.15) is 0 Å². The van der Waals surface area contributed by atoms with Gasteiger partial charge in [-0.3, -0.25) is 0 Å². The van der Waals surface area contributed by atoms with Crippen LogP contribution < -0.4 is 0 Å². The monoisotopic (exact) mass is 459 g/mol. The van der Waals surface area contributed by atoms with Crippen LogP contribution in [0.3, 0.4) is 0 Å². The van der Waals surface area contributed by atoms with Gasteiger partial charge in [-0.1, -0.05) is 27.7 Å². The normalized spacial score (nSPS) is 30.8. The molecule has 7 atom stereocenters. The molecule has 4 N–H and O–H groups in total. The second-order valence-electron chi connectivity index (χ2n) is 9.70. The number of aliphatic hydroxyl groups is 4. The molecule has 2 aliphatic rings. The van der Waals surface area contributed by atoms with Crippen LogP contribution in [0.25, 0.3) is 0 Å². The number of carbonyl (C=O) groups is 2. The molecular formula is C22H37NO9. The van der Waals surface area contributed by atoms with Crippen molar-refractivity contribution < 1.29 is 44.1 Å². The molecule has 184 valence electrons. The third-order valence-electron chi connectivity index (χ3n) is 7.01. The van der Waals surface area contributed by atoms with Gasteiger partial charge in [-0.25, -0.2) is 9.59 Å². The number of fused-ring (bicyclic) bond motifs is 1. The SMILES string of the molecule is CC(C)C(O)(C(=O)OCC1=CC[N+]2([O-])CCC(OC(=O)C(O)(C(C)C)C(C)O)C12)C(C)O. The van der Waals surface area contributed by atoms with Gasteiger partial charge in [-0.15, -0.1) is 0 Å². The summed E-state index contributed by atoms with van der Waals surface area (Å²) in [5.74, 6) is -3.26. The van der Waals surface area contributed by atoms with E-state index in [1.807, 2.05) is 0 Å². The van der Waals surface area contributed by atoms with Gasteiger partial charge in [0.2, 0.25) is 0 Å². The molecule has 2 heterocycles. The summed E-state index contributed by atoms with van der Waals surface area (Å²) in [4.78, 5) is 25.3. The Hall–Kier alpha value is -1.56. The number of hydrogen-bond acceptors (Lipinski definition) is 9. The lowest BCUT2D eigenvalue weighted by molar-refractivity contribution is -0.877. The van der Waals surface area contributed by atoms with Crippen LogP contribution in [-0.2, 0) is 19.1 Å². The van der Waals surface area contributed by atoms with Gasteiger partial charge in [0.1, 0.15) is 6.61 Å². The van der Waals surface area contributed by atoms with Gasteiger partial charge in [-0.05, 0) is 31.8 Å². The topological polar surface area (TPSA) is 157 Å². The van der Waals surface area contributed by atoms with Crippen molar-refractivity contribution in [2.45, 2.75) is 83.5 Å². The number of hydrogen-bond donors (Lipinski definition) is 4. The third kappa shape index (κ3) is 4.44. The Morgan fingerprint density at radius 3 is 2.03 bits per heavy atom. The van der Waals surface area contributed by atoms with Gasteiger partial charge in [0.05, 0.1) is 25.3 Å². The predicted octanol–water partition coefficient (Wildman–Crippen LogP) is 0.00410. The zero-order valence-electron chi connectivity index (χ0n) is 19.6. The van der Waals surface area contributed by atoms with Crippen LogP contribution >= 0.6 is 0 Å². The highest BCUT2D eigenvalue weighted by Gasteiger charge is 2.54. The predicted molar refractivity (Wildman–Crippen MR) is 114 cm³/mol. The second kappa shape index (κ2) is 9.36. The van der Waals surface area contributed by atoms with Crippen LogP contribution in [0.1, 0.15) is 48.0 Å². The molecule has 0 aromatic heterocycles. The lowest BCUT2D eigenvalue weighted by Crippen LogP contribution is -2.56. The quantitative estimate of drug-likeness (QED) is 0.161. The summed E-state index contributed by atoms with van der Waals surface area (Å²) in [6.07, 6.45) is -1.72. The maximum atomic E-state index is 13.2. The van der Waals surface area contributed by atoms with Crippen molar-refractivity contribution in [1.82, 2.24) is 0 Å². The van der Waals surface area contributed by atoms with Crippen LogP contribution in [-0.4, -0.2) is 92.3 Å². The minimum atomic E-state index is -2.12. The lowest BCUT2D eigenvalue weighted by atomic mass is 9.85. The van der Waals surface area contributed by atoms with Crippen molar-refractivity contribution in [3.05, 3.63) is 16.9 Å². The van der Waals surface area contributed by atoms with Crippen molar-refractivity contribution in [2.75, 3.05) is 19.7 Å². The van der Waals surface area contributed by atoms with Crippen molar-refractivity contribution in [1.29, 1.82) is 0 Å². The summed E-state index contributed by atoms with van der Waals surface area (Å²) in [5, 5.41) is 54.3. The summed E-state index contributed by atoms with van der Waals surface area (Å²) in [6.45, 7) is 8.88. The molecule has 0 bridgehead atoms. The summed E-state index contributed by atoms with van der Waals surface area (Å²) in [5.41, 5.74) is -3.78. The van der Waals surface area contributed by atoms with E-state index < -0.39 is 64.0 Å². The van der Waals surface area contributed by atoms with E-state index in [9.17, 15) is 35.2 Å². The first-order chi connectivity index (χ1) is 14.6. The highest BCUT2D eigenvalue weighted by atomic mass is 16.6. The van der Waals surface area contributed by atoms with Crippen LogP contribution in [0.4, 0.5) is 0 Å². The van der Waals surface area contributed by atoms with Gasteiger partial charge in [0, 0.05) is 12.0 Å². The zero-order chi connectivity index (χ0) is 24.6. The molecule has 2 rings (SSSR count). The Bertz CT molecular complexity index is 730. The van der Waals surface area contributed by atoms with E-state index in [4.69, 9.17) is 9.47 Å². The maximum absolute atomic E-state index is 13.2. The number of quaternary nitrogens is 1. The molecule has 1 saturated heterocycles. The first kappa shape index (κ1) is 26.7. The van der Waals surface area contributed by atoms with E-state index in [-0.39, 0.29) is 26.1 Å². The fourth-order valence-electron chi connectivity index (χ4n) is 4.63. The second-order valence-corrected chi connectivity index (χ2v) is 9.70. The van der Waals surface area contributed by atoms with Crippen LogP contribution in [0.2, 0.25) is 0 Å². The van der Waals surface area contributed by atoms with E-state index in [2.05, 4.69) is 0 Å². The van der Waals surface area contributed by atoms with Gasteiger partial charge in [0.25, 0.3) is 0 Å². The fourth-order valence-corrected chi connectivity index (χ4v) is 4.63. The van der Waals surface area contributed by atoms with E-state index in [1.165, 1.54) is 13.8 Å². The van der Waals surface area contributed by atoms with Crippen molar-refractivity contribution in [3.63, 3.8) is 0 Å². The number of hydroxylamine groups is 3. The molecule has 7 unspecified atom stereocenters. The van der Waals surface area contributed by atoms with E-state index in [0.717, 1.165) is 0 Å². The minimum absolute atomic E-state index is 0.112. The highest BCUT2D eigenvalue weighted by molar-refractivity contribution is 5.81. The molecule has 0 aliphatic carbocycles. The first-order valence-electron chi connectivity index (χ1n) is 11.1. The number of carbonyl (C=O) groups excluding carboxylic acids is 2. The number of ether oxygens (including phenoxy) is 2. The van der Waals surface area contributed by atoms with Crippen LogP contribution in [0.5, 0.6) is 0 Å². The van der Waals surface area contributed by atoms with E-state index in [1.54, 1.807) is 33.8 Å². The average molecular weight is 460 g/mol. The van der Waals surface area contributed by atoms with Gasteiger partial charge in [0.15, 0.2) is 23.3 Å². The Kier molecular flexibility index (Phi) is 7.81. The van der Waals surface area contributed by atoms with Crippen LogP contribution in [0, 0.1) is 17.0 Å². The summed E-state index contributed by atoms with van der Waals surface area (Å²) in [7, 11) is 0. The molecule has 0 amide bonds. The van der Waals surface area contributed by atoms with Gasteiger partial charge < -0.3 is 39.8 Å². The van der Waals surface area contributed by atoms with Crippen molar-refractivity contribution >= 4 is 11.9 Å². The number of esters is 2. The summed E-state index contributed by atoms with van der Waals surface area (Å²) < 4.78 is 10.1. The summed E-state index contributed by atoms with van der Waals surface area (Å²) in [6, 6.07) is -0.823. The zero-order valence-corrected chi connectivity index (χ0v) is 19.6. The lowest BCUT2D eigenvalue weighted by Gasteiger charge is -2.41. The van der Waals surface area contributed by atoms with Crippen molar-refractivity contribution in [2.24, 2.45) is 11.8 Å². The molecule has 2 aliphatic heterocycles. The molecule has 0 aromatic rings.